The third kappa shape index (κ3) is 5.48. The van der Waals surface area contributed by atoms with E-state index in [1.54, 1.807) is 24.3 Å². The quantitative estimate of drug-likeness (QED) is 0.700. The molecule has 0 bridgehead atoms. The van der Waals surface area contributed by atoms with Crippen molar-refractivity contribution in [3.8, 4) is 5.75 Å². The van der Waals surface area contributed by atoms with E-state index in [1.807, 2.05) is 20.8 Å². The number of carbonyl (C=O) groups is 1. The molecule has 0 aliphatic carbocycles. The number of piperidine rings is 1. The maximum atomic E-state index is 13.3. The van der Waals surface area contributed by atoms with Crippen molar-refractivity contribution in [2.24, 2.45) is 11.3 Å². The van der Waals surface area contributed by atoms with Gasteiger partial charge in [-0.2, -0.15) is 4.31 Å². The third-order valence-corrected chi connectivity index (χ3v) is 7.79. The van der Waals surface area contributed by atoms with Crippen molar-refractivity contribution in [3.63, 3.8) is 0 Å². The maximum absolute atomic E-state index is 13.3. The number of ether oxygens (including phenoxy) is 1. The highest BCUT2D eigenvalue weighted by Gasteiger charge is 2.35. The molecule has 3 rings (SSSR count). The van der Waals surface area contributed by atoms with Gasteiger partial charge in [0.1, 0.15) is 11.6 Å². The number of methoxy groups -OCH3 is 1. The Hall–Kier alpha value is -2.45. The second kappa shape index (κ2) is 9.58. The number of carbonyl (C=O) groups excluding carboxylic acids is 1. The summed E-state index contributed by atoms with van der Waals surface area (Å²) in [6.07, 6.45) is 0.892. The lowest BCUT2D eigenvalue weighted by Gasteiger charge is -2.35. The van der Waals surface area contributed by atoms with Crippen LogP contribution in [0.15, 0.2) is 53.4 Å². The van der Waals surface area contributed by atoms with Crippen LogP contribution >= 0.6 is 0 Å². The molecule has 1 fully saturated rings. The first-order chi connectivity index (χ1) is 15.0. The van der Waals surface area contributed by atoms with Crippen LogP contribution in [0.1, 0.15) is 45.2 Å². The second-order valence-electron chi connectivity index (χ2n) is 9.21. The monoisotopic (exact) mass is 462 g/mol. The SMILES string of the molecule is COc1ccc(S(=O)(=O)N2CCC(C(=O)NC(c3ccc(F)cc3)C(C)(C)C)CC2)cc1. The van der Waals surface area contributed by atoms with Crippen LogP contribution in [0.3, 0.4) is 0 Å². The van der Waals surface area contributed by atoms with E-state index in [0.717, 1.165) is 5.56 Å². The molecule has 2 aromatic rings. The molecule has 2 aromatic carbocycles. The Balaban J connectivity index is 1.65. The van der Waals surface area contributed by atoms with Gasteiger partial charge in [0.15, 0.2) is 0 Å². The molecule has 1 heterocycles. The van der Waals surface area contributed by atoms with Crippen molar-refractivity contribution < 1.29 is 22.3 Å². The Morgan fingerprint density at radius 2 is 1.62 bits per heavy atom. The van der Waals surface area contributed by atoms with Crippen molar-refractivity contribution in [1.82, 2.24) is 9.62 Å². The fraction of sp³-hybridized carbons (Fsp3) is 0.458. The topological polar surface area (TPSA) is 75.7 Å². The highest BCUT2D eigenvalue weighted by Crippen LogP contribution is 2.34. The summed E-state index contributed by atoms with van der Waals surface area (Å²) >= 11 is 0. The number of nitrogens with one attached hydrogen (secondary N) is 1. The van der Waals surface area contributed by atoms with Gasteiger partial charge in [-0.1, -0.05) is 32.9 Å². The smallest absolute Gasteiger partial charge is 0.243 e. The number of hydrogen-bond acceptors (Lipinski definition) is 4. The summed E-state index contributed by atoms with van der Waals surface area (Å²) in [5.41, 5.74) is 0.568. The minimum Gasteiger partial charge on any atom is -0.497 e. The first-order valence-electron chi connectivity index (χ1n) is 10.7. The van der Waals surface area contributed by atoms with Gasteiger partial charge in [0, 0.05) is 19.0 Å². The molecule has 1 N–H and O–H groups in total. The van der Waals surface area contributed by atoms with Crippen LogP contribution in [-0.2, 0) is 14.8 Å². The van der Waals surface area contributed by atoms with E-state index in [9.17, 15) is 17.6 Å². The molecule has 1 unspecified atom stereocenters. The standard InChI is InChI=1S/C24H31FN2O4S/c1-24(2,3)22(17-5-7-19(25)8-6-17)26-23(28)18-13-15-27(16-14-18)32(29,30)21-11-9-20(31-4)10-12-21/h5-12,18,22H,13-16H2,1-4H3,(H,26,28). The molecule has 0 saturated carbocycles. The van der Waals surface area contributed by atoms with E-state index < -0.39 is 10.0 Å². The Morgan fingerprint density at radius 3 is 2.12 bits per heavy atom. The first-order valence-corrected chi connectivity index (χ1v) is 12.2. The molecular formula is C24H31FN2O4S. The molecule has 0 radical (unpaired) electrons. The average Bonchev–Trinajstić information content (AvgIpc) is 2.77. The van der Waals surface area contributed by atoms with E-state index in [0.29, 0.717) is 18.6 Å². The first kappa shape index (κ1) is 24.2. The molecule has 32 heavy (non-hydrogen) atoms. The molecule has 1 atom stereocenters. The number of rotatable bonds is 6. The minimum absolute atomic E-state index is 0.101. The lowest BCUT2D eigenvalue weighted by Crippen LogP contribution is -2.45. The van der Waals surface area contributed by atoms with Crippen molar-refractivity contribution in [3.05, 3.63) is 59.9 Å². The van der Waals surface area contributed by atoms with Crippen molar-refractivity contribution in [2.45, 2.75) is 44.6 Å². The largest absolute Gasteiger partial charge is 0.497 e. The maximum Gasteiger partial charge on any atom is 0.243 e. The van der Waals surface area contributed by atoms with Gasteiger partial charge in [-0.25, -0.2) is 12.8 Å². The number of sulfonamides is 1. The molecular weight excluding hydrogens is 431 g/mol. The van der Waals surface area contributed by atoms with Gasteiger partial charge in [-0.15, -0.1) is 0 Å². The molecule has 1 amide bonds. The lowest BCUT2D eigenvalue weighted by atomic mass is 9.81. The zero-order chi connectivity index (χ0) is 23.5. The molecule has 1 aliphatic heterocycles. The Morgan fingerprint density at radius 1 is 1.06 bits per heavy atom. The van der Waals surface area contributed by atoms with E-state index >= 15 is 0 Å². The van der Waals surface area contributed by atoms with Gasteiger partial charge >= 0.3 is 0 Å². The van der Waals surface area contributed by atoms with Gasteiger partial charge in [-0.3, -0.25) is 4.79 Å². The summed E-state index contributed by atoms with van der Waals surface area (Å²) < 4.78 is 45.7. The van der Waals surface area contributed by atoms with Gasteiger partial charge in [0.25, 0.3) is 0 Å². The summed E-state index contributed by atoms with van der Waals surface area (Å²) in [4.78, 5) is 13.2. The number of halogens is 1. The predicted molar refractivity (Wildman–Crippen MR) is 121 cm³/mol. The van der Waals surface area contributed by atoms with E-state index in [1.165, 1.54) is 35.7 Å². The van der Waals surface area contributed by atoms with Gasteiger partial charge in [0.2, 0.25) is 15.9 Å². The van der Waals surface area contributed by atoms with E-state index in [2.05, 4.69) is 5.32 Å². The number of nitrogens with zero attached hydrogens (tertiary/aromatic N) is 1. The minimum atomic E-state index is -3.62. The summed E-state index contributed by atoms with van der Waals surface area (Å²) in [6.45, 7) is 6.62. The lowest BCUT2D eigenvalue weighted by molar-refractivity contribution is -0.127. The van der Waals surface area contributed by atoms with Crippen LogP contribution < -0.4 is 10.1 Å². The summed E-state index contributed by atoms with van der Waals surface area (Å²) in [5, 5.41) is 3.12. The summed E-state index contributed by atoms with van der Waals surface area (Å²) in [5.74, 6) is -0.106. The van der Waals surface area contributed by atoms with Crippen LogP contribution in [0.5, 0.6) is 5.75 Å². The Labute approximate surface area is 189 Å². The third-order valence-electron chi connectivity index (χ3n) is 5.88. The number of hydrogen-bond donors (Lipinski definition) is 1. The van der Waals surface area contributed by atoms with Gasteiger partial charge in [0.05, 0.1) is 18.0 Å². The summed E-state index contributed by atoms with van der Waals surface area (Å²) in [6, 6.07) is 12.2. The normalized spacial score (nSPS) is 17.0. The number of amides is 1. The molecule has 6 nitrogen and oxygen atoms in total. The van der Waals surface area contributed by atoms with Crippen molar-refractivity contribution in [1.29, 1.82) is 0 Å². The van der Waals surface area contributed by atoms with Crippen molar-refractivity contribution in [2.75, 3.05) is 20.2 Å². The summed E-state index contributed by atoms with van der Waals surface area (Å²) in [7, 11) is -2.09. The van der Waals surface area contributed by atoms with Gasteiger partial charge in [-0.05, 0) is 60.2 Å². The second-order valence-corrected chi connectivity index (χ2v) is 11.2. The highest BCUT2D eigenvalue weighted by molar-refractivity contribution is 7.89. The van der Waals surface area contributed by atoms with Crippen LogP contribution in [0, 0.1) is 17.2 Å². The molecule has 1 aliphatic rings. The van der Waals surface area contributed by atoms with Crippen LogP contribution in [0.4, 0.5) is 4.39 Å². The number of benzene rings is 2. The van der Waals surface area contributed by atoms with Gasteiger partial charge < -0.3 is 10.1 Å². The fourth-order valence-corrected chi connectivity index (χ4v) is 5.44. The van der Waals surface area contributed by atoms with E-state index in [4.69, 9.17) is 4.74 Å². The molecule has 0 spiro atoms. The molecule has 174 valence electrons. The van der Waals surface area contributed by atoms with Crippen LogP contribution in [0.2, 0.25) is 0 Å². The van der Waals surface area contributed by atoms with Crippen LogP contribution in [-0.4, -0.2) is 38.8 Å². The zero-order valence-electron chi connectivity index (χ0n) is 19.0. The zero-order valence-corrected chi connectivity index (χ0v) is 19.8. The Kier molecular flexibility index (Phi) is 7.25. The van der Waals surface area contributed by atoms with E-state index in [-0.39, 0.29) is 47.1 Å². The molecule has 1 saturated heterocycles. The molecule has 8 heteroatoms. The highest BCUT2D eigenvalue weighted by atomic mass is 32.2. The average molecular weight is 463 g/mol. The van der Waals surface area contributed by atoms with Crippen molar-refractivity contribution >= 4 is 15.9 Å². The molecule has 0 aromatic heterocycles. The predicted octanol–water partition coefficient (Wildman–Crippen LogP) is 4.14. The van der Waals surface area contributed by atoms with Crippen LogP contribution in [0.25, 0.3) is 0 Å². The Bertz CT molecular complexity index is 1020. The fourth-order valence-electron chi connectivity index (χ4n) is 3.97.